The summed E-state index contributed by atoms with van der Waals surface area (Å²) in [6.07, 6.45) is 0. The molecule has 1 rings (SSSR count). The maximum Gasteiger partial charge on any atom is 0.335 e. The zero-order valence-electron chi connectivity index (χ0n) is 8.04. The predicted octanol–water partition coefficient (Wildman–Crippen LogP) is 2.53. The Labute approximate surface area is 102 Å². The van der Waals surface area contributed by atoms with Gasteiger partial charge in [-0.3, -0.25) is 0 Å². The first kappa shape index (κ1) is 12.6. The summed E-state index contributed by atoms with van der Waals surface area (Å²) in [5.41, 5.74) is 0.0230. The highest BCUT2D eigenvalue weighted by molar-refractivity contribution is 6.32. The van der Waals surface area contributed by atoms with Crippen molar-refractivity contribution in [3.8, 4) is 11.8 Å². The maximum absolute atomic E-state index is 10.7. The van der Waals surface area contributed by atoms with Gasteiger partial charge in [0.2, 0.25) is 0 Å². The van der Waals surface area contributed by atoms with Gasteiger partial charge in [0, 0.05) is 0 Å². The summed E-state index contributed by atoms with van der Waals surface area (Å²) in [5, 5.41) is 17.7. The number of hydrogen-bond donors (Lipinski definition) is 1. The summed E-state index contributed by atoms with van der Waals surface area (Å²) in [4.78, 5) is 10.7. The Bertz CT molecular complexity index is 454. The number of benzene rings is 1. The lowest BCUT2D eigenvalue weighted by molar-refractivity contribution is 0.0697. The van der Waals surface area contributed by atoms with Crippen LogP contribution < -0.4 is 4.74 Å². The van der Waals surface area contributed by atoms with Crippen molar-refractivity contribution >= 4 is 29.2 Å². The molecule has 0 saturated carbocycles. The molecule has 1 aromatic carbocycles. The molecule has 0 spiro atoms. The smallest absolute Gasteiger partial charge is 0.335 e. The van der Waals surface area contributed by atoms with Gasteiger partial charge in [-0.25, -0.2) is 4.79 Å². The zero-order chi connectivity index (χ0) is 12.1. The standard InChI is InChI=1S/C10H7Cl2NO3/c11-1-2-16-9-7(5-13)3-6(10(14)15)4-8(9)12/h3-4H,1-2H2,(H,14,15). The van der Waals surface area contributed by atoms with E-state index in [9.17, 15) is 4.79 Å². The SMILES string of the molecule is N#Cc1cc(C(=O)O)cc(Cl)c1OCCCl. The number of nitriles is 1. The molecule has 0 aliphatic rings. The summed E-state index contributed by atoms with van der Waals surface area (Å²) < 4.78 is 5.16. The van der Waals surface area contributed by atoms with E-state index in [1.165, 1.54) is 12.1 Å². The molecule has 0 heterocycles. The van der Waals surface area contributed by atoms with Crippen LogP contribution in [0.15, 0.2) is 12.1 Å². The van der Waals surface area contributed by atoms with Gasteiger partial charge in [-0.2, -0.15) is 5.26 Å². The van der Waals surface area contributed by atoms with Crippen molar-refractivity contribution in [1.29, 1.82) is 5.26 Å². The molecule has 0 aliphatic heterocycles. The number of aromatic carboxylic acids is 1. The van der Waals surface area contributed by atoms with E-state index < -0.39 is 5.97 Å². The molecule has 1 aromatic rings. The molecule has 0 aromatic heterocycles. The maximum atomic E-state index is 10.7. The first-order valence-electron chi connectivity index (χ1n) is 4.26. The summed E-state index contributed by atoms with van der Waals surface area (Å²) in [6, 6.07) is 4.26. The van der Waals surface area contributed by atoms with Crippen LogP contribution in [0, 0.1) is 11.3 Å². The zero-order valence-corrected chi connectivity index (χ0v) is 9.55. The second kappa shape index (κ2) is 5.59. The van der Waals surface area contributed by atoms with Crippen LogP contribution in [0.25, 0.3) is 0 Å². The van der Waals surface area contributed by atoms with E-state index in [0.717, 1.165) is 0 Å². The molecular weight excluding hydrogens is 253 g/mol. The van der Waals surface area contributed by atoms with Crippen LogP contribution in [0.3, 0.4) is 0 Å². The van der Waals surface area contributed by atoms with Crippen molar-refractivity contribution in [2.45, 2.75) is 0 Å². The Balaban J connectivity index is 3.19. The van der Waals surface area contributed by atoms with Gasteiger partial charge in [0.25, 0.3) is 0 Å². The highest BCUT2D eigenvalue weighted by atomic mass is 35.5. The molecule has 0 fully saturated rings. The number of carboxylic acid groups (broad SMARTS) is 1. The van der Waals surface area contributed by atoms with Crippen LogP contribution in [0.2, 0.25) is 5.02 Å². The molecule has 0 aliphatic carbocycles. The number of ether oxygens (including phenoxy) is 1. The first-order chi connectivity index (χ1) is 7.60. The van der Waals surface area contributed by atoms with E-state index in [-0.39, 0.29) is 34.4 Å². The van der Waals surface area contributed by atoms with E-state index in [1.54, 1.807) is 0 Å². The van der Waals surface area contributed by atoms with Crippen LogP contribution >= 0.6 is 23.2 Å². The Hall–Kier alpha value is -1.44. The van der Waals surface area contributed by atoms with Crippen molar-refractivity contribution in [2.75, 3.05) is 12.5 Å². The van der Waals surface area contributed by atoms with Gasteiger partial charge in [-0.15, -0.1) is 11.6 Å². The number of alkyl halides is 1. The molecule has 16 heavy (non-hydrogen) atoms. The van der Waals surface area contributed by atoms with Crippen molar-refractivity contribution in [3.05, 3.63) is 28.3 Å². The lowest BCUT2D eigenvalue weighted by atomic mass is 10.1. The Morgan fingerprint density at radius 1 is 1.56 bits per heavy atom. The summed E-state index contributed by atoms with van der Waals surface area (Å²) >= 11 is 11.2. The van der Waals surface area contributed by atoms with Gasteiger partial charge in [-0.05, 0) is 12.1 Å². The van der Waals surface area contributed by atoms with Crippen LogP contribution in [0.5, 0.6) is 5.75 Å². The van der Waals surface area contributed by atoms with E-state index in [0.29, 0.717) is 0 Å². The van der Waals surface area contributed by atoms with Gasteiger partial charge in [0.15, 0.2) is 5.75 Å². The normalized spacial score (nSPS) is 9.56. The number of rotatable bonds is 4. The van der Waals surface area contributed by atoms with E-state index >= 15 is 0 Å². The fraction of sp³-hybridized carbons (Fsp3) is 0.200. The van der Waals surface area contributed by atoms with Crippen molar-refractivity contribution in [1.82, 2.24) is 0 Å². The summed E-state index contributed by atoms with van der Waals surface area (Å²) in [7, 11) is 0. The van der Waals surface area contributed by atoms with Crippen LogP contribution in [-0.4, -0.2) is 23.6 Å². The van der Waals surface area contributed by atoms with Crippen molar-refractivity contribution < 1.29 is 14.6 Å². The summed E-state index contributed by atoms with van der Waals surface area (Å²) in [6.45, 7) is 0.197. The Kier molecular flexibility index (Phi) is 4.41. The number of carboxylic acids is 1. The minimum absolute atomic E-state index is 0.0558. The topological polar surface area (TPSA) is 70.3 Å². The first-order valence-corrected chi connectivity index (χ1v) is 5.17. The Morgan fingerprint density at radius 2 is 2.25 bits per heavy atom. The fourth-order valence-corrected chi connectivity index (χ4v) is 1.44. The molecule has 0 radical (unpaired) electrons. The van der Waals surface area contributed by atoms with Gasteiger partial charge < -0.3 is 9.84 Å². The minimum Gasteiger partial charge on any atom is -0.489 e. The molecule has 1 N–H and O–H groups in total. The second-order valence-electron chi connectivity index (χ2n) is 2.79. The minimum atomic E-state index is -1.15. The molecule has 0 unspecified atom stereocenters. The third-order valence-corrected chi connectivity index (χ3v) is 2.17. The quantitative estimate of drug-likeness (QED) is 0.844. The average Bonchev–Trinajstić information content (AvgIpc) is 2.26. The van der Waals surface area contributed by atoms with Gasteiger partial charge in [0.1, 0.15) is 12.7 Å². The number of carbonyl (C=O) groups is 1. The Morgan fingerprint density at radius 3 is 2.75 bits per heavy atom. The highest BCUT2D eigenvalue weighted by Crippen LogP contribution is 2.30. The van der Waals surface area contributed by atoms with Crippen LogP contribution in [0.1, 0.15) is 15.9 Å². The van der Waals surface area contributed by atoms with Gasteiger partial charge in [0.05, 0.1) is 22.0 Å². The molecule has 6 heteroatoms. The molecule has 0 bridgehead atoms. The number of halogens is 2. The highest BCUT2D eigenvalue weighted by Gasteiger charge is 2.14. The lowest BCUT2D eigenvalue weighted by Gasteiger charge is -2.09. The molecule has 0 saturated heterocycles. The van der Waals surface area contributed by atoms with Crippen molar-refractivity contribution in [3.63, 3.8) is 0 Å². The van der Waals surface area contributed by atoms with E-state index in [2.05, 4.69) is 0 Å². The van der Waals surface area contributed by atoms with Gasteiger partial charge in [-0.1, -0.05) is 11.6 Å². The van der Waals surface area contributed by atoms with Crippen molar-refractivity contribution in [2.24, 2.45) is 0 Å². The summed E-state index contributed by atoms with van der Waals surface area (Å²) in [5.74, 6) is -0.737. The third kappa shape index (κ3) is 2.78. The van der Waals surface area contributed by atoms with Crippen LogP contribution in [-0.2, 0) is 0 Å². The van der Waals surface area contributed by atoms with Crippen LogP contribution in [0.4, 0.5) is 0 Å². The molecule has 0 amide bonds. The van der Waals surface area contributed by atoms with E-state index in [4.69, 9.17) is 38.3 Å². The van der Waals surface area contributed by atoms with Gasteiger partial charge >= 0.3 is 5.97 Å². The molecule has 0 atom stereocenters. The molecular formula is C10H7Cl2NO3. The number of hydrogen-bond acceptors (Lipinski definition) is 3. The predicted molar refractivity (Wildman–Crippen MR) is 59.3 cm³/mol. The average molecular weight is 260 g/mol. The molecule has 4 nitrogen and oxygen atoms in total. The lowest BCUT2D eigenvalue weighted by Crippen LogP contribution is -2.03. The monoisotopic (exact) mass is 259 g/mol. The second-order valence-corrected chi connectivity index (χ2v) is 3.57. The third-order valence-electron chi connectivity index (χ3n) is 1.73. The fourth-order valence-electron chi connectivity index (χ4n) is 1.09. The number of nitrogens with zero attached hydrogens (tertiary/aromatic N) is 1. The largest absolute Gasteiger partial charge is 0.489 e. The molecule has 84 valence electrons. The van der Waals surface area contributed by atoms with E-state index in [1.807, 2.05) is 6.07 Å².